The van der Waals surface area contributed by atoms with E-state index in [1.54, 1.807) is 6.92 Å². The molecule has 3 rings (SSSR count). The molecule has 1 saturated carbocycles. The Labute approximate surface area is 214 Å². The summed E-state index contributed by atoms with van der Waals surface area (Å²) >= 11 is 3.42. The molecule has 0 aromatic heterocycles. The van der Waals surface area contributed by atoms with Gasteiger partial charge in [0.25, 0.3) is 0 Å². The SMILES string of the molecule is C[C@H](C(=O)NC1CCCCC1)N(Cc1cccc(Br)c1)C(=O)CN(c1ccc(F)cc1)S(C)(=O)=O. The summed E-state index contributed by atoms with van der Waals surface area (Å²) in [7, 11) is -3.85. The number of benzene rings is 2. The van der Waals surface area contributed by atoms with Gasteiger partial charge in [0.05, 0.1) is 11.9 Å². The second kappa shape index (κ2) is 12.0. The molecule has 35 heavy (non-hydrogen) atoms. The van der Waals surface area contributed by atoms with Gasteiger partial charge in [0.1, 0.15) is 18.4 Å². The van der Waals surface area contributed by atoms with Crippen LogP contribution in [0, 0.1) is 5.82 Å². The van der Waals surface area contributed by atoms with Crippen molar-refractivity contribution >= 4 is 43.5 Å². The van der Waals surface area contributed by atoms with Crippen molar-refractivity contribution in [2.24, 2.45) is 0 Å². The zero-order valence-electron chi connectivity index (χ0n) is 19.9. The number of carbonyl (C=O) groups excluding carboxylic acids is 2. The van der Waals surface area contributed by atoms with Gasteiger partial charge < -0.3 is 10.2 Å². The third-order valence-corrected chi connectivity index (χ3v) is 7.79. The Kier molecular flexibility index (Phi) is 9.29. The average Bonchev–Trinajstić information content (AvgIpc) is 2.81. The second-order valence-electron chi connectivity index (χ2n) is 8.92. The molecule has 1 aliphatic rings. The maximum absolute atomic E-state index is 13.5. The minimum Gasteiger partial charge on any atom is -0.352 e. The zero-order chi connectivity index (χ0) is 25.6. The first-order valence-electron chi connectivity index (χ1n) is 11.6. The third kappa shape index (κ3) is 7.76. The highest BCUT2D eigenvalue weighted by atomic mass is 79.9. The van der Waals surface area contributed by atoms with Gasteiger partial charge in [-0.3, -0.25) is 13.9 Å². The average molecular weight is 569 g/mol. The molecule has 2 aromatic carbocycles. The lowest BCUT2D eigenvalue weighted by molar-refractivity contribution is -0.139. The number of amides is 2. The fraction of sp³-hybridized carbons (Fsp3) is 0.440. The van der Waals surface area contributed by atoms with E-state index in [1.807, 2.05) is 24.3 Å². The summed E-state index contributed by atoms with van der Waals surface area (Å²) in [6.07, 6.45) is 6.07. The van der Waals surface area contributed by atoms with Crippen LogP contribution >= 0.6 is 15.9 Å². The number of nitrogens with zero attached hydrogens (tertiary/aromatic N) is 2. The Balaban J connectivity index is 1.86. The van der Waals surface area contributed by atoms with Crippen molar-refractivity contribution in [1.82, 2.24) is 10.2 Å². The first kappa shape index (κ1) is 27.1. The molecule has 7 nitrogen and oxygen atoms in total. The molecule has 1 atom stereocenters. The highest BCUT2D eigenvalue weighted by Crippen LogP contribution is 2.21. The molecule has 1 aliphatic carbocycles. The van der Waals surface area contributed by atoms with E-state index < -0.39 is 34.3 Å². The van der Waals surface area contributed by atoms with Gasteiger partial charge in [-0.25, -0.2) is 12.8 Å². The summed E-state index contributed by atoms with van der Waals surface area (Å²) < 4.78 is 40.2. The van der Waals surface area contributed by atoms with Gasteiger partial charge in [0.2, 0.25) is 21.8 Å². The zero-order valence-corrected chi connectivity index (χ0v) is 22.3. The van der Waals surface area contributed by atoms with Crippen LogP contribution in [0.4, 0.5) is 10.1 Å². The molecule has 0 aliphatic heterocycles. The third-order valence-electron chi connectivity index (χ3n) is 6.15. The summed E-state index contributed by atoms with van der Waals surface area (Å²) in [5.41, 5.74) is 0.960. The number of sulfonamides is 1. The standard InChI is InChI=1S/C25H31BrFN3O4S/c1-18(25(32)28-22-9-4-3-5-10-22)29(16-19-7-6-8-20(26)15-19)24(31)17-30(35(2,33)34)23-13-11-21(27)12-14-23/h6-8,11-15,18,22H,3-5,9-10,16-17H2,1-2H3,(H,28,32)/t18-/m1/s1. The van der Waals surface area contributed by atoms with Crippen molar-refractivity contribution in [3.05, 3.63) is 64.4 Å². The number of hydrogen-bond donors (Lipinski definition) is 1. The van der Waals surface area contributed by atoms with Crippen LogP contribution in [0.25, 0.3) is 0 Å². The topological polar surface area (TPSA) is 86.8 Å². The van der Waals surface area contributed by atoms with Crippen molar-refractivity contribution in [2.45, 2.75) is 57.7 Å². The van der Waals surface area contributed by atoms with Crippen molar-refractivity contribution in [3.8, 4) is 0 Å². The number of halogens is 2. The summed E-state index contributed by atoms with van der Waals surface area (Å²) in [5, 5.41) is 3.06. The normalized spacial score (nSPS) is 15.3. The summed E-state index contributed by atoms with van der Waals surface area (Å²) in [6, 6.07) is 11.5. The van der Waals surface area contributed by atoms with E-state index >= 15 is 0 Å². The van der Waals surface area contributed by atoms with Gasteiger partial charge in [0.15, 0.2) is 0 Å². The van der Waals surface area contributed by atoms with Gasteiger partial charge in [-0.1, -0.05) is 47.3 Å². The monoisotopic (exact) mass is 567 g/mol. The molecule has 0 spiro atoms. The highest BCUT2D eigenvalue weighted by Gasteiger charge is 2.31. The van der Waals surface area contributed by atoms with Crippen LogP contribution in [0.15, 0.2) is 53.0 Å². The molecule has 0 radical (unpaired) electrons. The van der Waals surface area contributed by atoms with E-state index in [1.165, 1.54) is 17.0 Å². The van der Waals surface area contributed by atoms with Gasteiger partial charge >= 0.3 is 0 Å². The lowest BCUT2D eigenvalue weighted by atomic mass is 9.95. The number of anilines is 1. The van der Waals surface area contributed by atoms with Crippen molar-refractivity contribution in [1.29, 1.82) is 0 Å². The molecule has 2 aromatic rings. The predicted octanol–water partition coefficient (Wildman–Crippen LogP) is 4.22. The molecule has 0 saturated heterocycles. The molecule has 1 N–H and O–H groups in total. The van der Waals surface area contributed by atoms with Crippen molar-refractivity contribution in [2.75, 3.05) is 17.1 Å². The lowest BCUT2D eigenvalue weighted by Crippen LogP contribution is -2.52. The van der Waals surface area contributed by atoms with E-state index in [4.69, 9.17) is 0 Å². The molecule has 0 bridgehead atoms. The number of hydrogen-bond acceptors (Lipinski definition) is 4. The second-order valence-corrected chi connectivity index (χ2v) is 11.7. The fourth-order valence-corrected chi connectivity index (χ4v) is 5.50. The first-order valence-corrected chi connectivity index (χ1v) is 14.3. The molecule has 0 unspecified atom stereocenters. The minimum atomic E-state index is -3.85. The molecule has 1 fully saturated rings. The van der Waals surface area contributed by atoms with Crippen molar-refractivity contribution < 1.29 is 22.4 Å². The van der Waals surface area contributed by atoms with Gasteiger partial charge in [-0.05, 0) is 61.7 Å². The molecular weight excluding hydrogens is 537 g/mol. The Bertz CT molecular complexity index is 1140. The van der Waals surface area contributed by atoms with Crippen LogP contribution in [-0.4, -0.2) is 50.0 Å². The largest absolute Gasteiger partial charge is 0.352 e. The molecule has 0 heterocycles. The number of carbonyl (C=O) groups is 2. The Morgan fingerprint density at radius 1 is 1.11 bits per heavy atom. The van der Waals surface area contributed by atoms with Gasteiger partial charge in [-0.2, -0.15) is 0 Å². The quantitative estimate of drug-likeness (QED) is 0.491. The van der Waals surface area contributed by atoms with E-state index in [0.29, 0.717) is 0 Å². The van der Waals surface area contributed by atoms with Crippen LogP contribution in [0.1, 0.15) is 44.6 Å². The summed E-state index contributed by atoms with van der Waals surface area (Å²) in [6.45, 7) is 1.26. The van der Waals surface area contributed by atoms with Crippen molar-refractivity contribution in [3.63, 3.8) is 0 Å². The number of nitrogens with one attached hydrogen (secondary N) is 1. The van der Waals surface area contributed by atoms with E-state index in [9.17, 15) is 22.4 Å². The van der Waals surface area contributed by atoms with Crippen LogP contribution < -0.4 is 9.62 Å². The first-order chi connectivity index (χ1) is 16.5. The Morgan fingerprint density at radius 3 is 2.37 bits per heavy atom. The van der Waals surface area contributed by atoms with E-state index in [-0.39, 0.29) is 24.2 Å². The summed E-state index contributed by atoms with van der Waals surface area (Å²) in [5.74, 6) is -1.32. The Morgan fingerprint density at radius 2 is 1.77 bits per heavy atom. The van der Waals surface area contributed by atoms with Crippen LogP contribution in [-0.2, 0) is 26.2 Å². The maximum atomic E-state index is 13.5. The lowest BCUT2D eigenvalue weighted by Gasteiger charge is -2.33. The van der Waals surface area contributed by atoms with Crippen LogP contribution in [0.5, 0.6) is 0 Å². The van der Waals surface area contributed by atoms with Crippen LogP contribution in [0.2, 0.25) is 0 Å². The van der Waals surface area contributed by atoms with E-state index in [2.05, 4.69) is 21.2 Å². The molecule has 10 heteroatoms. The summed E-state index contributed by atoms with van der Waals surface area (Å²) in [4.78, 5) is 28.0. The van der Waals surface area contributed by atoms with E-state index in [0.717, 1.165) is 64.8 Å². The molecule has 190 valence electrons. The van der Waals surface area contributed by atoms with Crippen LogP contribution in [0.3, 0.4) is 0 Å². The predicted molar refractivity (Wildman–Crippen MR) is 138 cm³/mol. The van der Waals surface area contributed by atoms with Gasteiger partial charge in [0, 0.05) is 17.1 Å². The molecule has 2 amide bonds. The van der Waals surface area contributed by atoms with Gasteiger partial charge in [-0.15, -0.1) is 0 Å². The number of rotatable bonds is 9. The smallest absolute Gasteiger partial charge is 0.244 e. The Hall–Kier alpha value is -2.46. The maximum Gasteiger partial charge on any atom is 0.244 e. The highest BCUT2D eigenvalue weighted by molar-refractivity contribution is 9.10. The fourth-order valence-electron chi connectivity index (χ4n) is 4.20. The molecular formula is C25H31BrFN3O4S. The minimum absolute atomic E-state index is 0.0771.